The summed E-state index contributed by atoms with van der Waals surface area (Å²) in [6.45, 7) is 5.69. The smallest absolute Gasteiger partial charge is 0.270 e. The predicted molar refractivity (Wildman–Crippen MR) is 139 cm³/mol. The van der Waals surface area contributed by atoms with Crippen molar-refractivity contribution in [2.24, 2.45) is 0 Å². The van der Waals surface area contributed by atoms with Crippen LogP contribution in [0.1, 0.15) is 28.5 Å². The molecule has 0 saturated carbocycles. The largest absolute Gasteiger partial charge is 0.438 e. The molecule has 0 bridgehead atoms. The van der Waals surface area contributed by atoms with E-state index in [2.05, 4.69) is 9.97 Å². The number of carbonyl (C=O) groups is 1. The van der Waals surface area contributed by atoms with Gasteiger partial charge in [-0.05, 0) is 68.3 Å². The van der Waals surface area contributed by atoms with E-state index in [0.717, 1.165) is 28.3 Å². The number of nitrogens with zero attached hydrogens (tertiary/aromatic N) is 1. The Kier molecular flexibility index (Phi) is 6.96. The molecule has 186 valence electrons. The molecular weight excluding hydrogens is 502 g/mol. The SMILES string of the molecule is Cc1cc(C)c(Oc2nc(-c3ccc(Cl)cc3)ccc2C(=O)NS(=O)(=O)c2ccc[nH]c2=O)c(C)c1.[HH]. The van der Waals surface area contributed by atoms with E-state index in [9.17, 15) is 18.0 Å². The molecule has 0 radical (unpaired) electrons. The molecule has 0 aliphatic carbocycles. The van der Waals surface area contributed by atoms with Crippen LogP contribution in [0.15, 0.2) is 76.6 Å². The second-order valence-corrected chi connectivity index (χ2v) is 10.3. The lowest BCUT2D eigenvalue weighted by Crippen LogP contribution is -2.34. The third-order valence-electron chi connectivity index (χ3n) is 5.35. The molecule has 4 aromatic rings. The zero-order chi connectivity index (χ0) is 26.0. The molecule has 0 spiro atoms. The van der Waals surface area contributed by atoms with Crippen LogP contribution in [0, 0.1) is 20.8 Å². The summed E-state index contributed by atoms with van der Waals surface area (Å²) in [6, 6.07) is 16.2. The molecule has 0 aliphatic heterocycles. The monoisotopic (exact) mass is 525 g/mol. The summed E-state index contributed by atoms with van der Waals surface area (Å²) in [6.07, 6.45) is 1.29. The number of H-pyrrole nitrogens is 1. The third-order valence-corrected chi connectivity index (χ3v) is 6.95. The van der Waals surface area contributed by atoms with Gasteiger partial charge in [0.05, 0.1) is 5.69 Å². The first kappa shape index (κ1) is 25.2. The van der Waals surface area contributed by atoms with E-state index in [4.69, 9.17) is 16.3 Å². The maximum Gasteiger partial charge on any atom is 0.270 e. The number of ether oxygens (including phenoxy) is 1. The Morgan fingerprint density at radius 3 is 2.33 bits per heavy atom. The first-order valence-corrected chi connectivity index (χ1v) is 12.7. The second-order valence-electron chi connectivity index (χ2n) is 8.18. The van der Waals surface area contributed by atoms with Gasteiger partial charge in [0.2, 0.25) is 5.88 Å². The number of aryl methyl sites for hydroxylation is 3. The van der Waals surface area contributed by atoms with Gasteiger partial charge in [-0.25, -0.2) is 18.1 Å². The Morgan fingerprint density at radius 1 is 1.03 bits per heavy atom. The standard InChI is InChI=1S/C26H22ClN3O5S.H2/c1-15-13-16(2)23(17(3)14-15)35-26-20(10-11-21(29-26)18-6-8-19(27)9-7-18)24(31)30-36(33,34)22-5-4-12-28-25(22)32;/h4-14H,1-3H3,(H,28,32)(H,30,31);1H. The van der Waals surface area contributed by atoms with Gasteiger partial charge in [0.1, 0.15) is 11.3 Å². The number of hydrogen-bond acceptors (Lipinski definition) is 6. The average Bonchev–Trinajstić information content (AvgIpc) is 2.81. The van der Waals surface area contributed by atoms with Gasteiger partial charge in [0.15, 0.2) is 4.90 Å². The number of aromatic amines is 1. The van der Waals surface area contributed by atoms with Crippen LogP contribution in [0.3, 0.4) is 0 Å². The van der Waals surface area contributed by atoms with E-state index in [-0.39, 0.29) is 12.9 Å². The summed E-state index contributed by atoms with van der Waals surface area (Å²) in [4.78, 5) is 31.3. The molecule has 0 atom stereocenters. The minimum Gasteiger partial charge on any atom is -0.438 e. The van der Waals surface area contributed by atoms with Gasteiger partial charge in [-0.15, -0.1) is 0 Å². The van der Waals surface area contributed by atoms with Gasteiger partial charge in [-0.3, -0.25) is 9.59 Å². The van der Waals surface area contributed by atoms with Crippen molar-refractivity contribution in [1.82, 2.24) is 14.7 Å². The molecule has 8 nitrogen and oxygen atoms in total. The molecule has 0 unspecified atom stereocenters. The number of nitrogens with one attached hydrogen (secondary N) is 2. The normalized spacial score (nSPS) is 11.2. The molecular formula is C26H24ClN3O5S. The summed E-state index contributed by atoms with van der Waals surface area (Å²) >= 11 is 6.00. The van der Waals surface area contributed by atoms with Gasteiger partial charge in [0, 0.05) is 18.2 Å². The van der Waals surface area contributed by atoms with Crippen LogP contribution >= 0.6 is 11.6 Å². The second kappa shape index (κ2) is 9.96. The quantitative estimate of drug-likeness (QED) is 0.358. The highest BCUT2D eigenvalue weighted by atomic mass is 35.5. The van der Waals surface area contributed by atoms with Crippen molar-refractivity contribution >= 4 is 27.5 Å². The first-order chi connectivity index (χ1) is 17.0. The van der Waals surface area contributed by atoms with Crippen molar-refractivity contribution in [2.75, 3.05) is 0 Å². The minimum absolute atomic E-state index is 0. The van der Waals surface area contributed by atoms with Crippen molar-refractivity contribution < 1.29 is 19.4 Å². The molecule has 2 N–H and O–H groups in total. The highest BCUT2D eigenvalue weighted by molar-refractivity contribution is 7.90. The van der Waals surface area contributed by atoms with Crippen molar-refractivity contribution in [3.8, 4) is 22.9 Å². The van der Waals surface area contributed by atoms with Crippen molar-refractivity contribution in [3.63, 3.8) is 0 Å². The number of carbonyl (C=O) groups excluding carboxylic acids is 1. The highest BCUT2D eigenvalue weighted by Crippen LogP contribution is 2.32. The first-order valence-electron chi connectivity index (χ1n) is 10.8. The molecule has 2 heterocycles. The zero-order valence-corrected chi connectivity index (χ0v) is 21.2. The molecule has 10 heteroatoms. The fourth-order valence-electron chi connectivity index (χ4n) is 3.75. The van der Waals surface area contributed by atoms with Crippen LogP contribution < -0.4 is 15.0 Å². The molecule has 36 heavy (non-hydrogen) atoms. The Bertz CT molecular complexity index is 1610. The van der Waals surface area contributed by atoms with Gasteiger partial charge in [0.25, 0.3) is 21.5 Å². The summed E-state index contributed by atoms with van der Waals surface area (Å²) in [5.74, 6) is -0.587. The van der Waals surface area contributed by atoms with Crippen molar-refractivity contribution in [1.29, 1.82) is 0 Å². The summed E-state index contributed by atoms with van der Waals surface area (Å²) in [7, 11) is -4.46. The fraction of sp³-hybridized carbons (Fsp3) is 0.115. The van der Waals surface area contributed by atoms with Crippen LogP contribution in [-0.4, -0.2) is 24.3 Å². The van der Waals surface area contributed by atoms with Crippen LogP contribution in [0.4, 0.5) is 0 Å². The van der Waals surface area contributed by atoms with Crippen molar-refractivity contribution in [3.05, 3.63) is 104 Å². The Hall–Kier alpha value is -3.95. The minimum atomic E-state index is -4.46. The van der Waals surface area contributed by atoms with E-state index in [1.165, 1.54) is 18.3 Å². The zero-order valence-electron chi connectivity index (χ0n) is 19.6. The number of hydrogen-bond donors (Lipinski definition) is 2. The molecule has 0 saturated heterocycles. The molecule has 0 aliphatic rings. The number of sulfonamides is 1. The van der Waals surface area contributed by atoms with Gasteiger partial charge in [-0.2, -0.15) is 0 Å². The van der Waals surface area contributed by atoms with E-state index in [1.807, 2.05) is 37.6 Å². The van der Waals surface area contributed by atoms with Gasteiger partial charge < -0.3 is 9.72 Å². The summed E-state index contributed by atoms with van der Waals surface area (Å²) in [5.41, 5.74) is 2.92. The topological polar surface area (TPSA) is 118 Å². The van der Waals surface area contributed by atoms with E-state index in [0.29, 0.717) is 16.5 Å². The predicted octanol–water partition coefficient (Wildman–Crippen LogP) is 5.17. The maximum absolute atomic E-state index is 13.1. The van der Waals surface area contributed by atoms with E-state index < -0.39 is 26.4 Å². The Morgan fingerprint density at radius 2 is 1.69 bits per heavy atom. The van der Waals surface area contributed by atoms with Crippen molar-refractivity contribution in [2.45, 2.75) is 25.7 Å². The van der Waals surface area contributed by atoms with Gasteiger partial charge in [-0.1, -0.05) is 41.4 Å². The van der Waals surface area contributed by atoms with Crippen LogP contribution in [0.5, 0.6) is 11.6 Å². The Labute approximate surface area is 214 Å². The number of aromatic nitrogens is 2. The molecule has 0 fully saturated rings. The summed E-state index contributed by atoms with van der Waals surface area (Å²) in [5, 5.41) is 0.554. The number of pyridine rings is 2. The van der Waals surface area contributed by atoms with Crippen LogP contribution in [-0.2, 0) is 10.0 Å². The molecule has 2 aromatic heterocycles. The number of rotatable bonds is 6. The van der Waals surface area contributed by atoms with Crippen LogP contribution in [0.2, 0.25) is 5.02 Å². The van der Waals surface area contributed by atoms with Gasteiger partial charge >= 0.3 is 0 Å². The molecule has 2 aromatic carbocycles. The Balaban J connectivity index is 0.00000380. The lowest BCUT2D eigenvalue weighted by Gasteiger charge is -2.16. The fourth-order valence-corrected chi connectivity index (χ4v) is 4.90. The lowest BCUT2D eigenvalue weighted by atomic mass is 10.1. The average molecular weight is 526 g/mol. The molecule has 4 rings (SSSR count). The van der Waals surface area contributed by atoms with Crippen LogP contribution in [0.25, 0.3) is 11.3 Å². The van der Waals surface area contributed by atoms with E-state index >= 15 is 0 Å². The lowest BCUT2D eigenvalue weighted by molar-refractivity contribution is 0.0978. The number of benzene rings is 2. The molecule has 1 amide bonds. The number of amides is 1. The third kappa shape index (κ3) is 5.32. The number of halogens is 1. The highest BCUT2D eigenvalue weighted by Gasteiger charge is 2.25. The van der Waals surface area contributed by atoms with E-state index in [1.54, 1.807) is 30.3 Å². The maximum atomic E-state index is 13.1. The summed E-state index contributed by atoms with van der Waals surface area (Å²) < 4.78 is 33.5.